The molecule has 0 bridgehead atoms. The lowest BCUT2D eigenvalue weighted by Crippen LogP contribution is -2.15. The van der Waals surface area contributed by atoms with Gasteiger partial charge < -0.3 is 5.32 Å². The second-order valence-electron chi connectivity index (χ2n) is 5.38. The Morgan fingerprint density at radius 2 is 1.85 bits per heavy atom. The smallest absolute Gasteiger partial charge is 0.131 e. The molecular weight excluding hydrogens is 256 g/mol. The number of rotatable bonds is 4. The molecule has 2 aromatic rings. The average Bonchev–Trinajstić information content (AvgIpc) is 3.25. The minimum absolute atomic E-state index is 0.302. The second kappa shape index (κ2) is 5.33. The summed E-state index contributed by atoms with van der Waals surface area (Å²) < 4.78 is 27.7. The molecule has 1 nitrogen and oxygen atoms in total. The zero-order valence-electron chi connectivity index (χ0n) is 11.4. The molecule has 0 radical (unpaired) electrons. The summed E-state index contributed by atoms with van der Waals surface area (Å²) in [6.45, 7) is 2.41. The summed E-state index contributed by atoms with van der Waals surface area (Å²) in [7, 11) is 0. The number of nitrogens with one attached hydrogen (secondary N) is 1. The number of hydrogen-bond donors (Lipinski definition) is 1. The van der Waals surface area contributed by atoms with Crippen LogP contribution < -0.4 is 5.32 Å². The third-order valence-corrected chi connectivity index (χ3v) is 3.76. The zero-order chi connectivity index (χ0) is 14.1. The molecule has 1 N–H and O–H groups in total. The van der Waals surface area contributed by atoms with Gasteiger partial charge in [-0.25, -0.2) is 8.78 Å². The minimum atomic E-state index is -0.311. The second-order valence-corrected chi connectivity index (χ2v) is 5.38. The van der Waals surface area contributed by atoms with E-state index >= 15 is 0 Å². The van der Waals surface area contributed by atoms with Crippen molar-refractivity contribution in [2.45, 2.75) is 32.4 Å². The fourth-order valence-corrected chi connectivity index (χ4v) is 2.34. The normalized spacial score (nSPS) is 14.6. The first-order valence-electron chi connectivity index (χ1n) is 6.92. The molecule has 1 aliphatic rings. The molecule has 1 saturated carbocycles. The van der Waals surface area contributed by atoms with Crippen molar-refractivity contribution in [3.63, 3.8) is 0 Å². The van der Waals surface area contributed by atoms with Gasteiger partial charge in [0.15, 0.2) is 0 Å². The maximum Gasteiger partial charge on any atom is 0.131 e. The molecule has 0 amide bonds. The monoisotopic (exact) mass is 273 g/mol. The van der Waals surface area contributed by atoms with E-state index in [2.05, 4.69) is 5.32 Å². The van der Waals surface area contributed by atoms with E-state index in [-0.39, 0.29) is 11.6 Å². The third kappa shape index (κ3) is 2.73. The van der Waals surface area contributed by atoms with Crippen LogP contribution in [0.1, 0.15) is 24.0 Å². The highest BCUT2D eigenvalue weighted by atomic mass is 19.1. The molecule has 0 aromatic heterocycles. The lowest BCUT2D eigenvalue weighted by atomic mass is 9.98. The quantitative estimate of drug-likeness (QED) is 0.880. The highest BCUT2D eigenvalue weighted by molar-refractivity contribution is 5.68. The van der Waals surface area contributed by atoms with Gasteiger partial charge in [0.05, 0.1) is 0 Å². The molecule has 3 heteroatoms. The first kappa shape index (κ1) is 13.3. The van der Waals surface area contributed by atoms with E-state index < -0.39 is 0 Å². The van der Waals surface area contributed by atoms with Crippen molar-refractivity contribution in [2.24, 2.45) is 0 Å². The van der Waals surface area contributed by atoms with Gasteiger partial charge in [-0.3, -0.25) is 0 Å². The summed E-state index contributed by atoms with van der Waals surface area (Å²) in [5.74, 6) is -0.614. The number of hydrogen-bond acceptors (Lipinski definition) is 1. The van der Waals surface area contributed by atoms with Crippen molar-refractivity contribution in [2.75, 3.05) is 0 Å². The Morgan fingerprint density at radius 1 is 1.05 bits per heavy atom. The Bertz CT molecular complexity index is 633. The SMILES string of the molecule is Cc1c(F)cccc1-c1cc(CNC2CC2)ccc1F. The maximum atomic E-state index is 14.0. The van der Waals surface area contributed by atoms with Gasteiger partial charge in [0, 0.05) is 18.2 Å². The molecule has 0 unspecified atom stereocenters. The van der Waals surface area contributed by atoms with Crippen LogP contribution in [0, 0.1) is 18.6 Å². The van der Waals surface area contributed by atoms with Crippen LogP contribution in [-0.4, -0.2) is 6.04 Å². The Kier molecular flexibility index (Phi) is 3.53. The molecule has 0 saturated heterocycles. The van der Waals surface area contributed by atoms with Gasteiger partial charge in [0.2, 0.25) is 0 Å². The van der Waals surface area contributed by atoms with Crippen LogP contribution in [0.25, 0.3) is 11.1 Å². The predicted octanol–water partition coefficient (Wildman–Crippen LogP) is 4.19. The van der Waals surface area contributed by atoms with Crippen molar-refractivity contribution < 1.29 is 8.78 Å². The molecule has 1 fully saturated rings. The lowest BCUT2D eigenvalue weighted by molar-refractivity contribution is 0.616. The summed E-state index contributed by atoms with van der Waals surface area (Å²) in [4.78, 5) is 0. The van der Waals surface area contributed by atoms with Crippen molar-refractivity contribution in [1.82, 2.24) is 5.32 Å². The highest BCUT2D eigenvalue weighted by Crippen LogP contribution is 2.28. The van der Waals surface area contributed by atoms with E-state index in [1.54, 1.807) is 25.1 Å². The highest BCUT2D eigenvalue weighted by Gasteiger charge is 2.20. The minimum Gasteiger partial charge on any atom is -0.310 e. The van der Waals surface area contributed by atoms with Crippen LogP contribution >= 0.6 is 0 Å². The molecule has 0 heterocycles. The molecule has 104 valence electrons. The summed E-state index contributed by atoms with van der Waals surface area (Å²) in [5.41, 5.74) is 2.60. The van der Waals surface area contributed by atoms with Crippen LogP contribution in [-0.2, 0) is 6.54 Å². The fourth-order valence-electron chi connectivity index (χ4n) is 2.34. The van der Waals surface area contributed by atoms with Gasteiger partial charge in [-0.05, 0) is 54.7 Å². The Morgan fingerprint density at radius 3 is 2.60 bits per heavy atom. The summed E-state index contributed by atoms with van der Waals surface area (Å²) >= 11 is 0. The molecule has 3 rings (SSSR count). The number of benzene rings is 2. The molecule has 0 spiro atoms. The van der Waals surface area contributed by atoms with Gasteiger partial charge in [0.25, 0.3) is 0 Å². The van der Waals surface area contributed by atoms with E-state index in [0.29, 0.717) is 22.7 Å². The van der Waals surface area contributed by atoms with Crippen molar-refractivity contribution in [3.8, 4) is 11.1 Å². The lowest BCUT2D eigenvalue weighted by Gasteiger charge is -2.11. The summed E-state index contributed by atoms with van der Waals surface area (Å²) in [6, 6.07) is 10.4. The Labute approximate surface area is 117 Å². The van der Waals surface area contributed by atoms with Gasteiger partial charge >= 0.3 is 0 Å². The van der Waals surface area contributed by atoms with E-state index in [1.807, 2.05) is 6.07 Å². The molecule has 0 atom stereocenters. The van der Waals surface area contributed by atoms with Crippen LogP contribution in [0.3, 0.4) is 0 Å². The van der Waals surface area contributed by atoms with E-state index in [4.69, 9.17) is 0 Å². The first-order valence-corrected chi connectivity index (χ1v) is 6.92. The van der Waals surface area contributed by atoms with Crippen molar-refractivity contribution in [1.29, 1.82) is 0 Å². The largest absolute Gasteiger partial charge is 0.310 e. The fraction of sp³-hybridized carbons (Fsp3) is 0.294. The first-order chi connectivity index (χ1) is 9.65. The Hall–Kier alpha value is -1.74. The Balaban J connectivity index is 1.94. The van der Waals surface area contributed by atoms with E-state index in [1.165, 1.54) is 25.0 Å². The average molecular weight is 273 g/mol. The zero-order valence-corrected chi connectivity index (χ0v) is 11.4. The van der Waals surface area contributed by atoms with Gasteiger partial charge in [-0.1, -0.05) is 18.2 Å². The topological polar surface area (TPSA) is 12.0 Å². The number of halogens is 2. The predicted molar refractivity (Wildman–Crippen MR) is 76.4 cm³/mol. The third-order valence-electron chi connectivity index (χ3n) is 3.76. The van der Waals surface area contributed by atoms with E-state index in [0.717, 1.165) is 12.1 Å². The molecule has 2 aromatic carbocycles. The van der Waals surface area contributed by atoms with Crippen LogP contribution in [0.5, 0.6) is 0 Å². The summed E-state index contributed by atoms with van der Waals surface area (Å²) in [5, 5.41) is 3.40. The van der Waals surface area contributed by atoms with Crippen LogP contribution in [0.4, 0.5) is 8.78 Å². The van der Waals surface area contributed by atoms with Crippen molar-refractivity contribution in [3.05, 3.63) is 59.2 Å². The van der Waals surface area contributed by atoms with E-state index in [9.17, 15) is 8.78 Å². The van der Waals surface area contributed by atoms with Crippen LogP contribution in [0.15, 0.2) is 36.4 Å². The standard InChI is InChI=1S/C17H17F2N/c1-11-14(3-2-4-16(11)18)15-9-12(5-8-17(15)19)10-20-13-6-7-13/h2-5,8-9,13,20H,6-7,10H2,1H3. The van der Waals surface area contributed by atoms with Crippen molar-refractivity contribution >= 4 is 0 Å². The van der Waals surface area contributed by atoms with Gasteiger partial charge in [-0.15, -0.1) is 0 Å². The molecule has 20 heavy (non-hydrogen) atoms. The van der Waals surface area contributed by atoms with Gasteiger partial charge in [-0.2, -0.15) is 0 Å². The summed E-state index contributed by atoms with van der Waals surface area (Å²) in [6.07, 6.45) is 2.44. The molecule has 0 aliphatic heterocycles. The molecular formula is C17H17F2N. The maximum absolute atomic E-state index is 14.0. The molecule has 1 aliphatic carbocycles. The van der Waals surface area contributed by atoms with Crippen LogP contribution in [0.2, 0.25) is 0 Å². The van der Waals surface area contributed by atoms with Gasteiger partial charge in [0.1, 0.15) is 11.6 Å².